The van der Waals surface area contributed by atoms with Gasteiger partial charge < -0.3 is 9.84 Å². The van der Waals surface area contributed by atoms with E-state index in [4.69, 9.17) is 9.84 Å². The molecule has 0 spiro atoms. The van der Waals surface area contributed by atoms with Crippen LogP contribution in [0, 0.1) is 11.8 Å². The third-order valence-corrected chi connectivity index (χ3v) is 4.61. The van der Waals surface area contributed by atoms with Crippen LogP contribution in [0.15, 0.2) is 30.3 Å². The predicted octanol–water partition coefficient (Wildman–Crippen LogP) is 3.83. The van der Waals surface area contributed by atoms with Crippen molar-refractivity contribution < 1.29 is 19.4 Å². The third kappa shape index (κ3) is 5.38. The fourth-order valence-corrected chi connectivity index (χ4v) is 3.24. The predicted molar refractivity (Wildman–Crippen MR) is 88.0 cm³/mol. The van der Waals surface area contributed by atoms with Gasteiger partial charge in [0.1, 0.15) is 6.10 Å². The van der Waals surface area contributed by atoms with Crippen molar-refractivity contribution in [3.05, 3.63) is 35.9 Å². The molecule has 126 valence electrons. The summed E-state index contributed by atoms with van der Waals surface area (Å²) in [5, 5.41) is 9.03. The quantitative estimate of drug-likeness (QED) is 0.776. The zero-order valence-corrected chi connectivity index (χ0v) is 13.7. The first-order chi connectivity index (χ1) is 11.1. The van der Waals surface area contributed by atoms with E-state index in [2.05, 4.69) is 19.1 Å². The van der Waals surface area contributed by atoms with E-state index < -0.39 is 5.97 Å². The van der Waals surface area contributed by atoms with Gasteiger partial charge in [-0.15, -0.1) is 0 Å². The Morgan fingerprint density at radius 2 is 1.74 bits per heavy atom. The number of aliphatic carboxylic acids is 1. The molecule has 1 aromatic carbocycles. The molecule has 1 aliphatic rings. The minimum atomic E-state index is -0.746. The van der Waals surface area contributed by atoms with Gasteiger partial charge in [-0.05, 0) is 37.7 Å². The molecule has 2 rings (SSSR count). The Hall–Kier alpha value is -1.84. The molecule has 0 radical (unpaired) electrons. The number of carboxylic acid groups (broad SMARTS) is 1. The Balaban J connectivity index is 1.87. The number of hydrogen-bond donors (Lipinski definition) is 1. The number of hydrogen-bond acceptors (Lipinski definition) is 3. The van der Waals surface area contributed by atoms with Crippen LogP contribution in [0.4, 0.5) is 0 Å². The minimum absolute atomic E-state index is 0.0907. The highest BCUT2D eigenvalue weighted by atomic mass is 16.5. The number of benzene rings is 1. The molecule has 1 aliphatic carbocycles. The monoisotopic (exact) mass is 318 g/mol. The van der Waals surface area contributed by atoms with Gasteiger partial charge in [0.05, 0.1) is 11.8 Å². The molecular formula is C19H26O4. The molecule has 0 aliphatic heterocycles. The van der Waals surface area contributed by atoms with E-state index in [1.165, 1.54) is 5.56 Å². The van der Waals surface area contributed by atoms with Crippen LogP contribution in [0.1, 0.15) is 51.0 Å². The van der Waals surface area contributed by atoms with E-state index in [1.807, 2.05) is 18.2 Å². The summed E-state index contributed by atoms with van der Waals surface area (Å²) in [7, 11) is 0. The van der Waals surface area contributed by atoms with Crippen LogP contribution in [0.2, 0.25) is 0 Å². The van der Waals surface area contributed by atoms with Crippen LogP contribution < -0.4 is 0 Å². The van der Waals surface area contributed by atoms with E-state index >= 15 is 0 Å². The molecule has 1 unspecified atom stereocenters. The molecule has 1 N–H and O–H groups in total. The molecule has 1 saturated carbocycles. The first kappa shape index (κ1) is 17.5. The van der Waals surface area contributed by atoms with Gasteiger partial charge >= 0.3 is 11.9 Å². The Bertz CT molecular complexity index is 503. The highest BCUT2D eigenvalue weighted by Gasteiger charge is 2.31. The average molecular weight is 318 g/mol. The molecule has 0 heterocycles. The second kappa shape index (κ2) is 8.70. The van der Waals surface area contributed by atoms with Gasteiger partial charge in [-0.2, -0.15) is 0 Å². The van der Waals surface area contributed by atoms with Gasteiger partial charge in [0, 0.05) is 6.42 Å². The lowest BCUT2D eigenvalue weighted by atomic mass is 9.82. The van der Waals surface area contributed by atoms with Crippen molar-refractivity contribution in [2.75, 3.05) is 0 Å². The number of ether oxygens (including phenoxy) is 1. The first-order valence-corrected chi connectivity index (χ1v) is 8.57. The van der Waals surface area contributed by atoms with E-state index in [1.54, 1.807) is 0 Å². The van der Waals surface area contributed by atoms with Crippen molar-refractivity contribution in [2.45, 2.75) is 58.0 Å². The first-order valence-electron chi connectivity index (χ1n) is 8.57. The number of carboxylic acids is 1. The summed E-state index contributed by atoms with van der Waals surface area (Å²) in [6.07, 6.45) is 4.87. The smallest absolute Gasteiger partial charge is 0.309 e. The summed E-state index contributed by atoms with van der Waals surface area (Å²) in [5.74, 6) is -1.33. The number of carbonyl (C=O) groups is 2. The zero-order valence-electron chi connectivity index (χ0n) is 13.7. The summed E-state index contributed by atoms with van der Waals surface area (Å²) in [6.45, 7) is 2.09. The highest BCUT2D eigenvalue weighted by Crippen LogP contribution is 2.30. The maximum atomic E-state index is 12.4. The van der Waals surface area contributed by atoms with Crippen molar-refractivity contribution in [1.29, 1.82) is 0 Å². The molecule has 4 heteroatoms. The van der Waals surface area contributed by atoms with Gasteiger partial charge in [-0.25, -0.2) is 0 Å². The summed E-state index contributed by atoms with van der Waals surface area (Å²) in [5.41, 5.74) is 1.17. The van der Waals surface area contributed by atoms with Crippen LogP contribution >= 0.6 is 0 Å². The second-order valence-electron chi connectivity index (χ2n) is 6.42. The standard InChI is InChI=1S/C19H26O4/c1-2-6-17(13-14-7-4-3-5-8-14)23-19(22)16-11-9-15(10-12-16)18(20)21/h3-5,7-8,15-17H,2,6,9-13H2,1H3,(H,20,21). The number of carbonyl (C=O) groups excluding carboxylic acids is 1. The van der Waals surface area contributed by atoms with Crippen LogP contribution in [0.3, 0.4) is 0 Å². The lowest BCUT2D eigenvalue weighted by Crippen LogP contribution is -2.30. The molecule has 1 aromatic rings. The van der Waals surface area contributed by atoms with E-state index in [-0.39, 0.29) is 23.9 Å². The molecular weight excluding hydrogens is 292 g/mol. The number of rotatable bonds is 7. The van der Waals surface area contributed by atoms with E-state index in [9.17, 15) is 9.59 Å². The van der Waals surface area contributed by atoms with Crippen molar-refractivity contribution >= 4 is 11.9 Å². The third-order valence-electron chi connectivity index (χ3n) is 4.61. The molecule has 0 aromatic heterocycles. The van der Waals surface area contributed by atoms with Crippen molar-refractivity contribution in [2.24, 2.45) is 11.8 Å². The van der Waals surface area contributed by atoms with Gasteiger partial charge in [0.15, 0.2) is 0 Å². The fraction of sp³-hybridized carbons (Fsp3) is 0.579. The van der Waals surface area contributed by atoms with Gasteiger partial charge in [-0.3, -0.25) is 9.59 Å². The minimum Gasteiger partial charge on any atom is -0.481 e. The maximum absolute atomic E-state index is 12.4. The Morgan fingerprint density at radius 3 is 2.30 bits per heavy atom. The second-order valence-corrected chi connectivity index (χ2v) is 6.42. The zero-order chi connectivity index (χ0) is 16.7. The van der Waals surface area contributed by atoms with Gasteiger partial charge in [-0.1, -0.05) is 43.7 Å². The van der Waals surface area contributed by atoms with Crippen LogP contribution in [0.25, 0.3) is 0 Å². The van der Waals surface area contributed by atoms with Gasteiger partial charge in [0.2, 0.25) is 0 Å². The highest BCUT2D eigenvalue weighted by molar-refractivity contribution is 5.74. The molecule has 1 fully saturated rings. The lowest BCUT2D eigenvalue weighted by Gasteiger charge is -2.26. The maximum Gasteiger partial charge on any atom is 0.309 e. The van der Waals surface area contributed by atoms with Crippen molar-refractivity contribution in [3.63, 3.8) is 0 Å². The summed E-state index contributed by atoms with van der Waals surface area (Å²) < 4.78 is 5.74. The van der Waals surface area contributed by atoms with Gasteiger partial charge in [0.25, 0.3) is 0 Å². The molecule has 0 saturated heterocycles. The molecule has 23 heavy (non-hydrogen) atoms. The fourth-order valence-electron chi connectivity index (χ4n) is 3.24. The molecule has 4 nitrogen and oxygen atoms in total. The van der Waals surface area contributed by atoms with Crippen molar-refractivity contribution in [1.82, 2.24) is 0 Å². The van der Waals surface area contributed by atoms with E-state index in [0.717, 1.165) is 19.3 Å². The van der Waals surface area contributed by atoms with Crippen LogP contribution in [-0.4, -0.2) is 23.1 Å². The van der Waals surface area contributed by atoms with E-state index in [0.29, 0.717) is 25.7 Å². The molecule has 1 atom stereocenters. The Kier molecular flexibility index (Phi) is 6.63. The Morgan fingerprint density at radius 1 is 1.13 bits per heavy atom. The largest absolute Gasteiger partial charge is 0.481 e. The number of esters is 1. The van der Waals surface area contributed by atoms with Crippen LogP contribution in [-0.2, 0) is 20.7 Å². The van der Waals surface area contributed by atoms with Crippen LogP contribution in [0.5, 0.6) is 0 Å². The summed E-state index contributed by atoms with van der Waals surface area (Å²) in [6, 6.07) is 10.1. The summed E-state index contributed by atoms with van der Waals surface area (Å²) in [4.78, 5) is 23.4. The SMILES string of the molecule is CCCC(Cc1ccccc1)OC(=O)C1CCC(C(=O)O)CC1. The average Bonchev–Trinajstić information content (AvgIpc) is 2.56. The van der Waals surface area contributed by atoms with Crippen molar-refractivity contribution in [3.8, 4) is 0 Å². The lowest BCUT2D eigenvalue weighted by molar-refractivity contribution is -0.157. The Labute approximate surface area is 137 Å². The summed E-state index contributed by atoms with van der Waals surface area (Å²) >= 11 is 0. The molecule has 0 bridgehead atoms. The molecule has 0 amide bonds. The normalized spacial score (nSPS) is 22.3. The topological polar surface area (TPSA) is 63.6 Å².